The van der Waals surface area contributed by atoms with Crippen molar-refractivity contribution in [2.75, 3.05) is 10.0 Å². The SMILES string of the molecule is Cc1ccc(NC(=O)CCn2c(=O)oc3ccccc32)cc1S(=O)(=O)Nc1ccc(Cl)cc1. The summed E-state index contributed by atoms with van der Waals surface area (Å²) in [6.07, 6.45) is 0.00240. The van der Waals surface area contributed by atoms with Crippen molar-refractivity contribution in [1.82, 2.24) is 4.57 Å². The fourth-order valence-electron chi connectivity index (χ4n) is 3.36. The second-order valence-electron chi connectivity index (χ2n) is 7.38. The summed E-state index contributed by atoms with van der Waals surface area (Å²) >= 11 is 5.85. The minimum Gasteiger partial charge on any atom is -0.408 e. The molecule has 0 saturated carbocycles. The number of aryl methyl sites for hydroxylation is 2. The number of anilines is 2. The van der Waals surface area contributed by atoms with Crippen LogP contribution in [-0.2, 0) is 21.4 Å². The minimum absolute atomic E-state index is 0.00240. The average molecular weight is 486 g/mol. The number of carbonyl (C=O) groups excluding carboxylic acids is 1. The van der Waals surface area contributed by atoms with E-state index < -0.39 is 15.8 Å². The van der Waals surface area contributed by atoms with E-state index in [0.717, 1.165) is 0 Å². The van der Waals surface area contributed by atoms with Crippen LogP contribution < -0.4 is 15.8 Å². The van der Waals surface area contributed by atoms with E-state index in [-0.39, 0.29) is 23.8 Å². The third kappa shape index (κ3) is 5.10. The lowest BCUT2D eigenvalue weighted by atomic mass is 10.2. The van der Waals surface area contributed by atoms with Crippen LogP contribution in [0.15, 0.2) is 80.8 Å². The van der Waals surface area contributed by atoms with Gasteiger partial charge in [0.1, 0.15) is 0 Å². The second kappa shape index (κ2) is 9.13. The van der Waals surface area contributed by atoms with Crippen molar-refractivity contribution in [3.05, 3.63) is 87.9 Å². The van der Waals surface area contributed by atoms with E-state index in [1.807, 2.05) is 0 Å². The molecule has 0 aliphatic heterocycles. The van der Waals surface area contributed by atoms with Gasteiger partial charge >= 0.3 is 5.76 Å². The number of carbonyl (C=O) groups is 1. The number of fused-ring (bicyclic) bond motifs is 1. The van der Waals surface area contributed by atoms with Crippen molar-refractivity contribution in [2.45, 2.75) is 24.8 Å². The molecule has 0 aliphatic carbocycles. The number of rotatable bonds is 7. The van der Waals surface area contributed by atoms with Gasteiger partial charge in [0.2, 0.25) is 5.91 Å². The lowest BCUT2D eigenvalue weighted by molar-refractivity contribution is -0.116. The van der Waals surface area contributed by atoms with E-state index in [1.54, 1.807) is 67.6 Å². The summed E-state index contributed by atoms with van der Waals surface area (Å²) in [5, 5.41) is 3.18. The molecule has 0 radical (unpaired) electrons. The van der Waals surface area contributed by atoms with Gasteiger partial charge in [-0.05, 0) is 61.0 Å². The highest BCUT2D eigenvalue weighted by atomic mass is 35.5. The van der Waals surface area contributed by atoms with Gasteiger partial charge in [0.15, 0.2) is 5.58 Å². The van der Waals surface area contributed by atoms with Gasteiger partial charge in [-0.3, -0.25) is 14.1 Å². The summed E-state index contributed by atoms with van der Waals surface area (Å²) in [6.45, 7) is 1.79. The highest BCUT2D eigenvalue weighted by Crippen LogP contribution is 2.24. The molecular weight excluding hydrogens is 466 g/mol. The number of sulfonamides is 1. The summed E-state index contributed by atoms with van der Waals surface area (Å²) in [6, 6.07) is 17.9. The molecule has 0 atom stereocenters. The molecule has 1 aromatic heterocycles. The molecule has 33 heavy (non-hydrogen) atoms. The van der Waals surface area contributed by atoms with Crippen molar-refractivity contribution in [2.24, 2.45) is 0 Å². The number of benzene rings is 3. The van der Waals surface area contributed by atoms with Gasteiger partial charge in [0.25, 0.3) is 10.0 Å². The van der Waals surface area contributed by atoms with Crippen LogP contribution in [-0.4, -0.2) is 18.9 Å². The number of oxazole rings is 1. The number of hydrogen-bond donors (Lipinski definition) is 2. The summed E-state index contributed by atoms with van der Waals surface area (Å²) < 4.78 is 34.8. The number of nitrogens with one attached hydrogen (secondary N) is 2. The van der Waals surface area contributed by atoms with Crippen LogP contribution >= 0.6 is 11.6 Å². The molecule has 170 valence electrons. The molecule has 3 aromatic carbocycles. The molecule has 1 amide bonds. The Labute approximate surface area is 194 Å². The number of halogens is 1. The molecule has 4 rings (SSSR count). The molecule has 0 saturated heterocycles. The lowest BCUT2D eigenvalue weighted by Crippen LogP contribution is -2.20. The molecule has 1 heterocycles. The maximum atomic E-state index is 12.9. The first-order valence-electron chi connectivity index (χ1n) is 10.0. The quantitative estimate of drug-likeness (QED) is 0.403. The highest BCUT2D eigenvalue weighted by Gasteiger charge is 2.18. The van der Waals surface area contributed by atoms with E-state index in [9.17, 15) is 18.0 Å². The van der Waals surface area contributed by atoms with Crippen molar-refractivity contribution in [3.63, 3.8) is 0 Å². The van der Waals surface area contributed by atoms with Gasteiger partial charge in [-0.2, -0.15) is 0 Å². The number of hydrogen-bond acceptors (Lipinski definition) is 5. The van der Waals surface area contributed by atoms with Gasteiger partial charge < -0.3 is 9.73 Å². The largest absolute Gasteiger partial charge is 0.419 e. The zero-order valence-corrected chi connectivity index (χ0v) is 19.1. The van der Waals surface area contributed by atoms with E-state index in [4.69, 9.17) is 16.0 Å². The van der Waals surface area contributed by atoms with Crippen LogP contribution in [0.25, 0.3) is 11.1 Å². The third-order valence-corrected chi connectivity index (χ3v) is 6.77. The Morgan fingerprint density at radius 3 is 2.48 bits per heavy atom. The topological polar surface area (TPSA) is 110 Å². The smallest absolute Gasteiger partial charge is 0.408 e. The van der Waals surface area contributed by atoms with Gasteiger partial charge in [-0.25, -0.2) is 13.2 Å². The first kappa shape index (κ1) is 22.6. The van der Waals surface area contributed by atoms with Crippen LogP contribution in [0.2, 0.25) is 5.02 Å². The molecule has 4 aromatic rings. The number of nitrogens with zero attached hydrogens (tertiary/aromatic N) is 1. The summed E-state index contributed by atoms with van der Waals surface area (Å²) in [7, 11) is -3.90. The van der Waals surface area contributed by atoms with Crippen LogP contribution in [0.1, 0.15) is 12.0 Å². The van der Waals surface area contributed by atoms with Gasteiger partial charge in [0, 0.05) is 29.4 Å². The first-order valence-corrected chi connectivity index (χ1v) is 11.9. The van der Waals surface area contributed by atoms with Crippen molar-refractivity contribution in [1.29, 1.82) is 0 Å². The molecule has 0 unspecified atom stereocenters. The monoisotopic (exact) mass is 485 g/mol. The van der Waals surface area contributed by atoms with Gasteiger partial charge in [-0.15, -0.1) is 0 Å². The molecule has 0 aliphatic rings. The van der Waals surface area contributed by atoms with E-state index in [1.165, 1.54) is 10.6 Å². The van der Waals surface area contributed by atoms with Crippen LogP contribution in [0, 0.1) is 6.92 Å². The van der Waals surface area contributed by atoms with Crippen molar-refractivity contribution < 1.29 is 17.6 Å². The Hall–Kier alpha value is -3.56. The summed E-state index contributed by atoms with van der Waals surface area (Å²) in [5.41, 5.74) is 2.26. The van der Waals surface area contributed by atoms with E-state index >= 15 is 0 Å². The lowest BCUT2D eigenvalue weighted by Gasteiger charge is -2.13. The first-order chi connectivity index (χ1) is 15.7. The highest BCUT2D eigenvalue weighted by molar-refractivity contribution is 7.92. The van der Waals surface area contributed by atoms with Gasteiger partial charge in [-0.1, -0.05) is 29.8 Å². The standard InChI is InChI=1S/C23H20ClN3O5S/c1-15-6-9-18(14-21(15)33(30,31)26-17-10-7-16(24)8-11-17)25-22(28)12-13-27-19-4-2-3-5-20(19)32-23(27)29/h2-11,14,26H,12-13H2,1H3,(H,25,28). The summed E-state index contributed by atoms with van der Waals surface area (Å²) in [5.74, 6) is -0.911. The Bertz CT molecular complexity index is 1490. The molecule has 0 spiro atoms. The van der Waals surface area contributed by atoms with Crippen molar-refractivity contribution >= 4 is 50.0 Å². The number of amides is 1. The number of para-hydroxylation sites is 2. The molecule has 0 fully saturated rings. The Balaban J connectivity index is 1.48. The second-order valence-corrected chi connectivity index (χ2v) is 9.47. The normalized spacial score (nSPS) is 11.5. The Kier molecular flexibility index (Phi) is 6.26. The Morgan fingerprint density at radius 2 is 1.73 bits per heavy atom. The fourth-order valence-corrected chi connectivity index (χ4v) is 4.81. The van der Waals surface area contributed by atoms with Crippen LogP contribution in [0.5, 0.6) is 0 Å². The zero-order valence-electron chi connectivity index (χ0n) is 17.5. The third-order valence-electron chi connectivity index (χ3n) is 4.99. The molecule has 0 bridgehead atoms. The summed E-state index contributed by atoms with van der Waals surface area (Å²) in [4.78, 5) is 24.6. The molecule has 10 heteroatoms. The maximum Gasteiger partial charge on any atom is 0.419 e. The minimum atomic E-state index is -3.90. The van der Waals surface area contributed by atoms with Crippen LogP contribution in [0.3, 0.4) is 0 Å². The van der Waals surface area contributed by atoms with E-state index in [0.29, 0.717) is 33.1 Å². The number of aromatic nitrogens is 1. The van der Waals surface area contributed by atoms with Crippen molar-refractivity contribution in [3.8, 4) is 0 Å². The maximum absolute atomic E-state index is 12.9. The van der Waals surface area contributed by atoms with Crippen LogP contribution in [0.4, 0.5) is 11.4 Å². The average Bonchev–Trinajstić information content (AvgIpc) is 3.10. The molecule has 2 N–H and O–H groups in total. The molecule has 8 nitrogen and oxygen atoms in total. The fraction of sp³-hybridized carbons (Fsp3) is 0.130. The predicted octanol–water partition coefficient (Wildman–Crippen LogP) is 4.39. The van der Waals surface area contributed by atoms with E-state index in [2.05, 4.69) is 10.0 Å². The molecular formula is C23H20ClN3O5S. The Morgan fingerprint density at radius 1 is 1.03 bits per heavy atom. The predicted molar refractivity (Wildman–Crippen MR) is 127 cm³/mol. The zero-order chi connectivity index (χ0) is 23.6. The van der Waals surface area contributed by atoms with Gasteiger partial charge in [0.05, 0.1) is 10.4 Å².